The van der Waals surface area contributed by atoms with Crippen LogP contribution in [0.25, 0.3) is 0 Å². The van der Waals surface area contributed by atoms with E-state index in [-0.39, 0.29) is 0 Å². The van der Waals surface area contributed by atoms with Crippen LogP contribution in [0.15, 0.2) is 18.2 Å². The zero-order valence-corrected chi connectivity index (χ0v) is 12.8. The standard InChI is InChI=1S/C18H28N2/c1-14(20-18-7-4-11-19-12-10-18)16-9-8-15-5-2-3-6-17(15)13-16/h8-9,13-14,18-20H,2-7,10-12H2,1H3. The second-order valence-corrected chi connectivity index (χ2v) is 6.50. The van der Waals surface area contributed by atoms with Crippen molar-refractivity contribution in [2.75, 3.05) is 13.1 Å². The Morgan fingerprint density at radius 3 is 2.80 bits per heavy atom. The minimum absolute atomic E-state index is 0.477. The van der Waals surface area contributed by atoms with Gasteiger partial charge in [0, 0.05) is 12.1 Å². The minimum atomic E-state index is 0.477. The summed E-state index contributed by atoms with van der Waals surface area (Å²) in [7, 11) is 0. The van der Waals surface area contributed by atoms with Crippen LogP contribution in [0.5, 0.6) is 0 Å². The van der Waals surface area contributed by atoms with Crippen molar-refractivity contribution in [3.05, 3.63) is 34.9 Å². The maximum absolute atomic E-state index is 3.84. The first-order valence-corrected chi connectivity index (χ1v) is 8.41. The van der Waals surface area contributed by atoms with E-state index in [4.69, 9.17) is 0 Å². The first kappa shape index (κ1) is 14.1. The molecule has 0 amide bonds. The summed E-state index contributed by atoms with van der Waals surface area (Å²) >= 11 is 0. The Kier molecular flexibility index (Phi) is 4.74. The van der Waals surface area contributed by atoms with Gasteiger partial charge in [0.2, 0.25) is 0 Å². The molecule has 1 saturated heterocycles. The molecule has 0 saturated carbocycles. The van der Waals surface area contributed by atoms with E-state index >= 15 is 0 Å². The molecule has 2 nitrogen and oxygen atoms in total. The van der Waals surface area contributed by atoms with Gasteiger partial charge in [-0.15, -0.1) is 0 Å². The van der Waals surface area contributed by atoms with Gasteiger partial charge in [-0.2, -0.15) is 0 Å². The Hall–Kier alpha value is -0.860. The van der Waals surface area contributed by atoms with Crippen LogP contribution in [-0.4, -0.2) is 19.1 Å². The van der Waals surface area contributed by atoms with Crippen molar-refractivity contribution >= 4 is 0 Å². The lowest BCUT2D eigenvalue weighted by atomic mass is 9.89. The maximum Gasteiger partial charge on any atom is 0.0294 e. The molecule has 0 spiro atoms. The van der Waals surface area contributed by atoms with E-state index in [9.17, 15) is 0 Å². The second-order valence-electron chi connectivity index (χ2n) is 6.50. The van der Waals surface area contributed by atoms with E-state index in [2.05, 4.69) is 35.8 Å². The highest BCUT2D eigenvalue weighted by Crippen LogP contribution is 2.25. The minimum Gasteiger partial charge on any atom is -0.317 e. The summed E-state index contributed by atoms with van der Waals surface area (Å²) in [5.41, 5.74) is 4.67. The lowest BCUT2D eigenvalue weighted by molar-refractivity contribution is 0.421. The largest absolute Gasteiger partial charge is 0.317 e. The van der Waals surface area contributed by atoms with Gasteiger partial charge >= 0.3 is 0 Å². The van der Waals surface area contributed by atoms with Crippen LogP contribution in [0, 0.1) is 0 Å². The van der Waals surface area contributed by atoms with Crippen LogP contribution in [0.4, 0.5) is 0 Å². The van der Waals surface area contributed by atoms with Crippen LogP contribution < -0.4 is 10.6 Å². The smallest absolute Gasteiger partial charge is 0.0294 e. The second kappa shape index (κ2) is 6.73. The highest BCUT2D eigenvalue weighted by Gasteiger charge is 2.17. The Bertz CT molecular complexity index is 433. The van der Waals surface area contributed by atoms with Crippen LogP contribution in [0.1, 0.15) is 61.8 Å². The summed E-state index contributed by atoms with van der Waals surface area (Å²) < 4.78 is 0. The van der Waals surface area contributed by atoms with E-state index in [1.807, 2.05) is 0 Å². The normalized spacial score (nSPS) is 24.8. The maximum atomic E-state index is 3.84. The number of rotatable bonds is 3. The van der Waals surface area contributed by atoms with Gasteiger partial charge in [0.25, 0.3) is 0 Å². The monoisotopic (exact) mass is 272 g/mol. The van der Waals surface area contributed by atoms with Crippen LogP contribution in [-0.2, 0) is 12.8 Å². The Morgan fingerprint density at radius 2 is 1.90 bits per heavy atom. The topological polar surface area (TPSA) is 24.1 Å². The summed E-state index contributed by atoms with van der Waals surface area (Å²) in [6, 6.07) is 8.33. The predicted molar refractivity (Wildman–Crippen MR) is 85.1 cm³/mol. The van der Waals surface area contributed by atoms with Crippen molar-refractivity contribution in [3.8, 4) is 0 Å². The zero-order chi connectivity index (χ0) is 13.8. The molecule has 1 aromatic carbocycles. The van der Waals surface area contributed by atoms with Gasteiger partial charge in [-0.25, -0.2) is 0 Å². The molecule has 1 aliphatic carbocycles. The Morgan fingerprint density at radius 1 is 1.05 bits per heavy atom. The van der Waals surface area contributed by atoms with Crippen molar-refractivity contribution in [2.24, 2.45) is 0 Å². The lowest BCUT2D eigenvalue weighted by Crippen LogP contribution is -2.32. The van der Waals surface area contributed by atoms with Crippen molar-refractivity contribution in [3.63, 3.8) is 0 Å². The molecular weight excluding hydrogens is 244 g/mol. The van der Waals surface area contributed by atoms with E-state index in [0.717, 1.165) is 6.54 Å². The Balaban J connectivity index is 1.65. The third kappa shape index (κ3) is 3.42. The van der Waals surface area contributed by atoms with Gasteiger partial charge in [0.1, 0.15) is 0 Å². The summed E-state index contributed by atoms with van der Waals surface area (Å²) in [5.74, 6) is 0. The van der Waals surface area contributed by atoms with Crippen LogP contribution in [0.3, 0.4) is 0 Å². The number of hydrogen-bond donors (Lipinski definition) is 2. The highest BCUT2D eigenvalue weighted by atomic mass is 15.0. The zero-order valence-electron chi connectivity index (χ0n) is 12.8. The van der Waals surface area contributed by atoms with E-state index in [0.29, 0.717) is 12.1 Å². The third-order valence-corrected chi connectivity index (χ3v) is 4.93. The summed E-state index contributed by atoms with van der Waals surface area (Å²) in [4.78, 5) is 0. The molecule has 0 bridgehead atoms. The molecule has 2 N–H and O–H groups in total. The van der Waals surface area contributed by atoms with Gasteiger partial charge in [0.05, 0.1) is 0 Å². The van der Waals surface area contributed by atoms with Crippen LogP contribution >= 0.6 is 0 Å². The molecule has 1 heterocycles. The molecule has 1 aliphatic heterocycles. The highest BCUT2D eigenvalue weighted by molar-refractivity contribution is 5.35. The fraction of sp³-hybridized carbons (Fsp3) is 0.667. The molecule has 2 unspecified atom stereocenters. The fourth-order valence-electron chi connectivity index (χ4n) is 3.66. The van der Waals surface area contributed by atoms with Crippen LogP contribution in [0.2, 0.25) is 0 Å². The number of nitrogens with one attached hydrogen (secondary N) is 2. The van der Waals surface area contributed by atoms with Gasteiger partial charge in [-0.05, 0) is 81.6 Å². The summed E-state index contributed by atoms with van der Waals surface area (Å²) in [5, 5.41) is 7.33. The average Bonchev–Trinajstić information content (AvgIpc) is 2.75. The third-order valence-electron chi connectivity index (χ3n) is 4.93. The number of hydrogen-bond acceptors (Lipinski definition) is 2. The molecule has 2 aliphatic rings. The molecule has 110 valence electrons. The first-order chi connectivity index (χ1) is 9.83. The fourth-order valence-corrected chi connectivity index (χ4v) is 3.66. The summed E-state index contributed by atoms with van der Waals surface area (Å²) in [6.45, 7) is 4.67. The van der Waals surface area contributed by atoms with Gasteiger partial charge in [-0.1, -0.05) is 18.2 Å². The quantitative estimate of drug-likeness (QED) is 0.881. The SMILES string of the molecule is CC(NC1CCCNCC1)c1ccc2c(c1)CCCC2. The molecule has 2 atom stereocenters. The van der Waals surface area contributed by atoms with Crippen molar-refractivity contribution < 1.29 is 0 Å². The molecule has 2 heteroatoms. The van der Waals surface area contributed by atoms with Crippen molar-refractivity contribution in [1.82, 2.24) is 10.6 Å². The van der Waals surface area contributed by atoms with Gasteiger partial charge < -0.3 is 10.6 Å². The molecule has 1 aromatic rings. The van der Waals surface area contributed by atoms with E-state index < -0.39 is 0 Å². The number of aryl methyl sites for hydroxylation is 2. The molecule has 1 fully saturated rings. The van der Waals surface area contributed by atoms with Gasteiger partial charge in [0.15, 0.2) is 0 Å². The molecule has 20 heavy (non-hydrogen) atoms. The number of fused-ring (bicyclic) bond motifs is 1. The van der Waals surface area contributed by atoms with Crippen molar-refractivity contribution in [1.29, 1.82) is 0 Å². The van der Waals surface area contributed by atoms with Crippen molar-refractivity contribution in [2.45, 2.75) is 64.0 Å². The molecule has 0 aromatic heterocycles. The lowest BCUT2D eigenvalue weighted by Gasteiger charge is -2.24. The van der Waals surface area contributed by atoms with E-state index in [1.165, 1.54) is 57.1 Å². The molecule has 3 rings (SSSR count). The predicted octanol–water partition coefficient (Wildman–Crippen LogP) is 3.36. The van der Waals surface area contributed by atoms with Gasteiger partial charge in [-0.3, -0.25) is 0 Å². The Labute approximate surface area is 123 Å². The molecular formula is C18H28N2. The summed E-state index contributed by atoms with van der Waals surface area (Å²) in [6.07, 6.45) is 9.17. The van der Waals surface area contributed by atoms with E-state index in [1.54, 1.807) is 11.1 Å². The molecule has 0 radical (unpaired) electrons. The average molecular weight is 272 g/mol. The number of benzene rings is 1. The first-order valence-electron chi connectivity index (χ1n) is 8.41.